The molecule has 132 valence electrons. The topological polar surface area (TPSA) is 89.6 Å². The molecular formula is C18H31NO4. The Kier molecular flexibility index (Phi) is 5.71. The first-order chi connectivity index (χ1) is 10.7. The zero-order chi connectivity index (χ0) is 17.2. The number of fused-ring (bicyclic) bond motifs is 1. The highest BCUT2D eigenvalue weighted by molar-refractivity contribution is 5.95. The van der Waals surface area contributed by atoms with Crippen LogP contribution in [0.25, 0.3) is 0 Å². The molecule has 2 saturated carbocycles. The summed E-state index contributed by atoms with van der Waals surface area (Å²) < 4.78 is 5.31. The molecule has 0 heterocycles. The summed E-state index contributed by atoms with van der Waals surface area (Å²) in [7, 11) is 0. The SMILES string of the molecule is CC(C)(C)OC(=O)C(C(=O)O)C(N)C1CCCC2CCCCC21. The number of hydrogen-bond donors (Lipinski definition) is 2. The molecule has 2 aliphatic rings. The van der Waals surface area contributed by atoms with E-state index in [9.17, 15) is 14.7 Å². The van der Waals surface area contributed by atoms with E-state index >= 15 is 0 Å². The molecule has 0 aromatic carbocycles. The van der Waals surface area contributed by atoms with Crippen molar-refractivity contribution in [1.82, 2.24) is 0 Å². The molecule has 0 spiro atoms. The maximum atomic E-state index is 12.4. The molecule has 0 bridgehead atoms. The molecule has 0 amide bonds. The minimum atomic E-state index is -1.26. The number of carboxylic acids is 1. The minimum Gasteiger partial charge on any atom is -0.481 e. The van der Waals surface area contributed by atoms with Crippen LogP contribution in [-0.2, 0) is 14.3 Å². The first-order valence-corrected chi connectivity index (χ1v) is 8.92. The highest BCUT2D eigenvalue weighted by Crippen LogP contribution is 2.45. The highest BCUT2D eigenvalue weighted by Gasteiger charge is 2.45. The predicted molar refractivity (Wildman–Crippen MR) is 87.7 cm³/mol. The van der Waals surface area contributed by atoms with Gasteiger partial charge in [-0.25, -0.2) is 0 Å². The monoisotopic (exact) mass is 325 g/mol. The summed E-state index contributed by atoms with van der Waals surface area (Å²) in [5, 5.41) is 9.56. The van der Waals surface area contributed by atoms with Gasteiger partial charge in [-0.3, -0.25) is 9.59 Å². The van der Waals surface area contributed by atoms with Gasteiger partial charge in [-0.05, 0) is 51.4 Å². The average molecular weight is 325 g/mol. The van der Waals surface area contributed by atoms with Crippen LogP contribution >= 0.6 is 0 Å². The van der Waals surface area contributed by atoms with Crippen LogP contribution < -0.4 is 5.73 Å². The third kappa shape index (κ3) is 4.46. The van der Waals surface area contributed by atoms with Crippen molar-refractivity contribution in [2.45, 2.75) is 77.4 Å². The number of carbonyl (C=O) groups excluding carboxylic acids is 1. The van der Waals surface area contributed by atoms with Crippen LogP contribution in [-0.4, -0.2) is 28.7 Å². The number of carbonyl (C=O) groups is 2. The lowest BCUT2D eigenvalue weighted by atomic mass is 9.62. The summed E-state index contributed by atoms with van der Waals surface area (Å²) in [5.41, 5.74) is 5.63. The summed E-state index contributed by atoms with van der Waals surface area (Å²) in [6.45, 7) is 5.23. The van der Waals surface area contributed by atoms with Crippen LogP contribution in [0.15, 0.2) is 0 Å². The van der Waals surface area contributed by atoms with Gasteiger partial charge < -0.3 is 15.6 Å². The van der Waals surface area contributed by atoms with Crippen molar-refractivity contribution in [3.63, 3.8) is 0 Å². The number of nitrogens with two attached hydrogens (primary N) is 1. The van der Waals surface area contributed by atoms with E-state index in [0.717, 1.165) is 19.3 Å². The molecule has 2 rings (SSSR count). The Balaban J connectivity index is 2.14. The molecule has 5 nitrogen and oxygen atoms in total. The van der Waals surface area contributed by atoms with E-state index in [1.165, 1.54) is 25.7 Å². The van der Waals surface area contributed by atoms with Crippen molar-refractivity contribution in [2.75, 3.05) is 0 Å². The van der Waals surface area contributed by atoms with Crippen LogP contribution in [0.2, 0.25) is 0 Å². The Labute approximate surface area is 139 Å². The van der Waals surface area contributed by atoms with Crippen LogP contribution in [0.1, 0.15) is 65.7 Å². The normalized spacial score (nSPS) is 30.9. The first kappa shape index (κ1) is 18.2. The molecule has 5 atom stereocenters. The lowest BCUT2D eigenvalue weighted by Gasteiger charge is -2.44. The lowest BCUT2D eigenvalue weighted by Crippen LogP contribution is -2.51. The van der Waals surface area contributed by atoms with E-state index in [0.29, 0.717) is 11.8 Å². The van der Waals surface area contributed by atoms with Crippen molar-refractivity contribution in [3.8, 4) is 0 Å². The van der Waals surface area contributed by atoms with Gasteiger partial charge in [0.2, 0.25) is 0 Å². The number of aliphatic carboxylic acids is 1. The fourth-order valence-electron chi connectivity index (χ4n) is 4.50. The second-order valence-corrected chi connectivity index (χ2v) is 8.23. The third-order valence-electron chi connectivity index (χ3n) is 5.44. The summed E-state index contributed by atoms with van der Waals surface area (Å²) in [6, 6.07) is -0.659. The van der Waals surface area contributed by atoms with Crippen molar-refractivity contribution in [1.29, 1.82) is 0 Å². The molecule has 0 aromatic heterocycles. The zero-order valence-corrected chi connectivity index (χ0v) is 14.6. The van der Waals surface area contributed by atoms with Crippen LogP contribution in [0.5, 0.6) is 0 Å². The van der Waals surface area contributed by atoms with Gasteiger partial charge in [0.25, 0.3) is 0 Å². The maximum Gasteiger partial charge on any atom is 0.322 e. The Bertz CT molecular complexity index is 441. The summed E-state index contributed by atoms with van der Waals surface area (Å²) in [4.78, 5) is 24.1. The fourth-order valence-corrected chi connectivity index (χ4v) is 4.50. The van der Waals surface area contributed by atoms with Gasteiger partial charge in [-0.15, -0.1) is 0 Å². The third-order valence-corrected chi connectivity index (χ3v) is 5.44. The van der Waals surface area contributed by atoms with E-state index in [1.807, 2.05) is 0 Å². The van der Waals surface area contributed by atoms with Gasteiger partial charge in [0, 0.05) is 6.04 Å². The van der Waals surface area contributed by atoms with E-state index in [4.69, 9.17) is 10.5 Å². The van der Waals surface area contributed by atoms with Gasteiger partial charge in [-0.1, -0.05) is 32.1 Å². The quantitative estimate of drug-likeness (QED) is 0.612. The molecule has 5 heteroatoms. The second-order valence-electron chi connectivity index (χ2n) is 8.23. The average Bonchev–Trinajstić information content (AvgIpc) is 2.44. The van der Waals surface area contributed by atoms with Crippen molar-refractivity contribution in [2.24, 2.45) is 29.4 Å². The number of carboxylic acid groups (broad SMARTS) is 1. The van der Waals surface area contributed by atoms with Crippen molar-refractivity contribution >= 4 is 11.9 Å². The van der Waals surface area contributed by atoms with Crippen LogP contribution in [0, 0.1) is 23.7 Å². The molecule has 3 N–H and O–H groups in total. The Hall–Kier alpha value is -1.10. The predicted octanol–water partition coefficient (Wildman–Crippen LogP) is 2.96. The molecule has 2 fully saturated rings. The molecule has 23 heavy (non-hydrogen) atoms. The summed E-state index contributed by atoms with van der Waals surface area (Å²) >= 11 is 0. The standard InChI is InChI=1S/C18H31NO4/c1-18(2,3)23-17(22)14(16(20)21)15(19)13-10-6-8-11-7-4-5-9-12(11)13/h11-15H,4-10,19H2,1-3H3,(H,20,21). The number of rotatable bonds is 4. The van der Waals surface area contributed by atoms with Crippen molar-refractivity contribution in [3.05, 3.63) is 0 Å². The van der Waals surface area contributed by atoms with Gasteiger partial charge in [0.1, 0.15) is 5.60 Å². The Morgan fingerprint density at radius 1 is 1.09 bits per heavy atom. The maximum absolute atomic E-state index is 12.4. The molecular weight excluding hydrogens is 294 g/mol. The number of hydrogen-bond acceptors (Lipinski definition) is 4. The van der Waals surface area contributed by atoms with E-state index in [-0.39, 0.29) is 5.92 Å². The molecule has 0 saturated heterocycles. The van der Waals surface area contributed by atoms with E-state index in [1.54, 1.807) is 20.8 Å². The van der Waals surface area contributed by atoms with Crippen LogP contribution in [0.4, 0.5) is 0 Å². The number of esters is 1. The van der Waals surface area contributed by atoms with E-state index < -0.39 is 29.5 Å². The molecule has 5 unspecified atom stereocenters. The molecule has 0 radical (unpaired) electrons. The summed E-state index contributed by atoms with van der Waals surface area (Å²) in [6.07, 6.45) is 8.01. The number of ether oxygens (including phenoxy) is 1. The molecule has 0 aliphatic heterocycles. The van der Waals surface area contributed by atoms with Gasteiger partial charge in [-0.2, -0.15) is 0 Å². The van der Waals surface area contributed by atoms with Gasteiger partial charge >= 0.3 is 11.9 Å². The second kappa shape index (κ2) is 7.20. The Morgan fingerprint density at radius 3 is 2.30 bits per heavy atom. The van der Waals surface area contributed by atoms with Gasteiger partial charge in [0.05, 0.1) is 0 Å². The van der Waals surface area contributed by atoms with Crippen molar-refractivity contribution < 1.29 is 19.4 Å². The molecule has 0 aromatic rings. The Morgan fingerprint density at radius 2 is 1.70 bits per heavy atom. The minimum absolute atomic E-state index is 0.114. The van der Waals surface area contributed by atoms with E-state index in [2.05, 4.69) is 0 Å². The largest absolute Gasteiger partial charge is 0.481 e. The summed E-state index contributed by atoms with van der Waals surface area (Å²) in [5.74, 6) is -1.89. The van der Waals surface area contributed by atoms with Gasteiger partial charge in [0.15, 0.2) is 5.92 Å². The first-order valence-electron chi connectivity index (χ1n) is 8.92. The van der Waals surface area contributed by atoms with Crippen LogP contribution in [0.3, 0.4) is 0 Å². The smallest absolute Gasteiger partial charge is 0.322 e. The lowest BCUT2D eigenvalue weighted by molar-refractivity contribution is -0.169. The molecule has 2 aliphatic carbocycles. The zero-order valence-electron chi connectivity index (χ0n) is 14.6. The highest BCUT2D eigenvalue weighted by atomic mass is 16.6. The fraction of sp³-hybridized carbons (Fsp3) is 0.889.